The second kappa shape index (κ2) is 7.84. The van der Waals surface area contributed by atoms with Crippen LogP contribution in [0.25, 0.3) is 0 Å². The van der Waals surface area contributed by atoms with E-state index in [1.165, 1.54) is 5.56 Å². The van der Waals surface area contributed by atoms with Gasteiger partial charge in [-0.25, -0.2) is 0 Å². The van der Waals surface area contributed by atoms with Crippen molar-refractivity contribution < 1.29 is 9.53 Å². The molecule has 0 heterocycles. The largest absolute Gasteiger partial charge is 0.489 e. The first-order valence-corrected chi connectivity index (χ1v) is 7.60. The Morgan fingerprint density at radius 3 is 2.33 bits per heavy atom. The summed E-state index contributed by atoms with van der Waals surface area (Å²) >= 11 is 5.60. The van der Waals surface area contributed by atoms with Crippen LogP contribution in [0.5, 0.6) is 5.75 Å². The highest BCUT2D eigenvalue weighted by Gasteiger charge is 2.05. The molecule has 0 aliphatic carbocycles. The van der Waals surface area contributed by atoms with Gasteiger partial charge in [-0.05, 0) is 43.2 Å². The molecule has 0 N–H and O–H groups in total. The lowest BCUT2D eigenvalue weighted by Gasteiger charge is -2.07. The van der Waals surface area contributed by atoms with Crippen molar-refractivity contribution in [1.29, 1.82) is 0 Å². The minimum Gasteiger partial charge on any atom is -0.489 e. The number of rotatable bonds is 7. The smallest absolute Gasteiger partial charge is 0.162 e. The Morgan fingerprint density at radius 1 is 1.05 bits per heavy atom. The Hall–Kier alpha value is -1.80. The molecule has 0 aliphatic rings. The number of hydrogen-bond acceptors (Lipinski definition) is 2. The molecule has 0 atom stereocenters. The summed E-state index contributed by atoms with van der Waals surface area (Å²) in [6.07, 6.45) is 1.21. The lowest BCUT2D eigenvalue weighted by atomic mass is 10.1. The molecule has 0 spiro atoms. The van der Waals surface area contributed by atoms with Crippen LogP contribution in [0.15, 0.2) is 48.5 Å². The first-order chi connectivity index (χ1) is 10.2. The van der Waals surface area contributed by atoms with Crippen LogP contribution in [0.4, 0.5) is 0 Å². The summed E-state index contributed by atoms with van der Waals surface area (Å²) in [7, 11) is 0. The summed E-state index contributed by atoms with van der Waals surface area (Å²) in [6, 6.07) is 15.5. The standard InChI is InChI=1S/C18H19ClO2/c1-14-4-6-15(7-5-14)13-21-17-10-8-16(9-11-17)18(20)3-2-12-19/h4-11H,2-3,12-13H2,1H3. The van der Waals surface area contributed by atoms with Gasteiger partial charge in [0.05, 0.1) is 0 Å². The zero-order valence-corrected chi connectivity index (χ0v) is 12.9. The van der Waals surface area contributed by atoms with Gasteiger partial charge < -0.3 is 4.74 Å². The van der Waals surface area contributed by atoms with Crippen LogP contribution in [-0.2, 0) is 6.61 Å². The Balaban J connectivity index is 1.90. The van der Waals surface area contributed by atoms with Gasteiger partial charge >= 0.3 is 0 Å². The summed E-state index contributed by atoms with van der Waals surface area (Å²) in [4.78, 5) is 11.8. The molecule has 0 aliphatic heterocycles. The molecule has 0 fully saturated rings. The molecule has 0 saturated carbocycles. The first kappa shape index (κ1) is 15.6. The van der Waals surface area contributed by atoms with Crippen LogP contribution < -0.4 is 4.74 Å². The van der Waals surface area contributed by atoms with E-state index < -0.39 is 0 Å². The van der Waals surface area contributed by atoms with Crippen molar-refractivity contribution in [3.8, 4) is 5.75 Å². The van der Waals surface area contributed by atoms with Crippen molar-refractivity contribution in [3.05, 3.63) is 65.2 Å². The van der Waals surface area contributed by atoms with Gasteiger partial charge in [-0.2, -0.15) is 0 Å². The highest BCUT2D eigenvalue weighted by atomic mass is 35.5. The lowest BCUT2D eigenvalue weighted by molar-refractivity contribution is 0.0982. The zero-order valence-electron chi connectivity index (χ0n) is 12.1. The quantitative estimate of drug-likeness (QED) is 0.543. The molecule has 110 valence electrons. The topological polar surface area (TPSA) is 26.3 Å². The molecule has 3 heteroatoms. The summed E-state index contributed by atoms with van der Waals surface area (Å²) in [6.45, 7) is 2.59. The van der Waals surface area contributed by atoms with Crippen LogP contribution in [0.2, 0.25) is 0 Å². The number of halogens is 1. The van der Waals surface area contributed by atoms with Gasteiger partial charge in [0, 0.05) is 17.9 Å². The van der Waals surface area contributed by atoms with Gasteiger partial charge in [-0.3, -0.25) is 4.79 Å². The van der Waals surface area contributed by atoms with Crippen LogP contribution >= 0.6 is 11.6 Å². The third kappa shape index (κ3) is 4.91. The molecule has 2 rings (SSSR count). The fourth-order valence-corrected chi connectivity index (χ4v) is 2.09. The summed E-state index contributed by atoms with van der Waals surface area (Å²) in [5, 5.41) is 0. The van der Waals surface area contributed by atoms with E-state index in [-0.39, 0.29) is 5.78 Å². The second-order valence-corrected chi connectivity index (χ2v) is 5.39. The van der Waals surface area contributed by atoms with Crippen molar-refractivity contribution in [1.82, 2.24) is 0 Å². The van der Waals surface area contributed by atoms with E-state index in [4.69, 9.17) is 16.3 Å². The maximum atomic E-state index is 11.8. The number of carbonyl (C=O) groups is 1. The summed E-state index contributed by atoms with van der Waals surface area (Å²) < 4.78 is 5.72. The van der Waals surface area contributed by atoms with Gasteiger partial charge in [0.1, 0.15) is 12.4 Å². The van der Waals surface area contributed by atoms with Crippen molar-refractivity contribution in [3.63, 3.8) is 0 Å². The normalized spacial score (nSPS) is 10.4. The molecule has 0 radical (unpaired) electrons. The summed E-state index contributed by atoms with van der Waals surface area (Å²) in [5.74, 6) is 1.41. The van der Waals surface area contributed by atoms with Gasteiger partial charge in [0.15, 0.2) is 5.78 Å². The molecular formula is C18H19ClO2. The number of carbonyl (C=O) groups excluding carboxylic acids is 1. The molecule has 0 bridgehead atoms. The van der Waals surface area contributed by atoms with E-state index in [0.717, 1.165) is 11.3 Å². The molecule has 2 nitrogen and oxygen atoms in total. The maximum Gasteiger partial charge on any atom is 0.162 e. The van der Waals surface area contributed by atoms with Crippen LogP contribution in [-0.4, -0.2) is 11.7 Å². The van der Waals surface area contributed by atoms with Crippen molar-refractivity contribution >= 4 is 17.4 Å². The predicted molar refractivity (Wildman–Crippen MR) is 86.2 cm³/mol. The fraction of sp³-hybridized carbons (Fsp3) is 0.278. The monoisotopic (exact) mass is 302 g/mol. The van der Waals surface area contributed by atoms with Gasteiger partial charge in [0.2, 0.25) is 0 Å². The maximum absolute atomic E-state index is 11.8. The van der Waals surface area contributed by atoms with E-state index in [1.54, 1.807) is 12.1 Å². The van der Waals surface area contributed by atoms with Crippen molar-refractivity contribution in [2.45, 2.75) is 26.4 Å². The van der Waals surface area contributed by atoms with Crippen LogP contribution in [0, 0.1) is 6.92 Å². The number of hydrogen-bond donors (Lipinski definition) is 0. The SMILES string of the molecule is Cc1ccc(COc2ccc(C(=O)CCCCl)cc2)cc1. The lowest BCUT2D eigenvalue weighted by Crippen LogP contribution is -2.00. The van der Waals surface area contributed by atoms with E-state index >= 15 is 0 Å². The molecule has 0 amide bonds. The number of Topliss-reactive ketones (excluding diaryl/α,β-unsaturated/α-hetero) is 1. The minimum absolute atomic E-state index is 0.126. The Kier molecular flexibility index (Phi) is 5.82. The molecule has 2 aromatic rings. The average molecular weight is 303 g/mol. The van der Waals surface area contributed by atoms with E-state index in [2.05, 4.69) is 31.2 Å². The molecule has 0 aromatic heterocycles. The van der Waals surface area contributed by atoms with E-state index in [1.807, 2.05) is 12.1 Å². The fourth-order valence-electron chi connectivity index (χ4n) is 1.96. The molecule has 0 unspecified atom stereocenters. The third-order valence-corrected chi connectivity index (χ3v) is 3.51. The minimum atomic E-state index is 0.126. The van der Waals surface area contributed by atoms with E-state index in [0.29, 0.717) is 30.9 Å². The number of aryl methyl sites for hydroxylation is 1. The van der Waals surface area contributed by atoms with Crippen LogP contribution in [0.3, 0.4) is 0 Å². The highest BCUT2D eigenvalue weighted by Crippen LogP contribution is 2.16. The number of ether oxygens (including phenoxy) is 1. The Labute approximate surface area is 130 Å². The molecular weight excluding hydrogens is 284 g/mol. The number of ketones is 1. The van der Waals surface area contributed by atoms with E-state index in [9.17, 15) is 4.79 Å². The van der Waals surface area contributed by atoms with Crippen LogP contribution in [0.1, 0.15) is 34.3 Å². The van der Waals surface area contributed by atoms with Gasteiger partial charge in [-0.15, -0.1) is 11.6 Å². The van der Waals surface area contributed by atoms with Crippen molar-refractivity contribution in [2.75, 3.05) is 5.88 Å². The van der Waals surface area contributed by atoms with Gasteiger partial charge in [0.25, 0.3) is 0 Å². The predicted octanol–water partition coefficient (Wildman–Crippen LogP) is 4.78. The second-order valence-electron chi connectivity index (χ2n) is 5.01. The van der Waals surface area contributed by atoms with Crippen molar-refractivity contribution in [2.24, 2.45) is 0 Å². The average Bonchev–Trinajstić information content (AvgIpc) is 2.52. The first-order valence-electron chi connectivity index (χ1n) is 7.06. The third-order valence-electron chi connectivity index (χ3n) is 3.24. The highest BCUT2D eigenvalue weighted by molar-refractivity contribution is 6.18. The molecule has 0 saturated heterocycles. The van der Waals surface area contributed by atoms with Gasteiger partial charge in [-0.1, -0.05) is 29.8 Å². The molecule has 2 aromatic carbocycles. The Morgan fingerprint density at radius 2 is 1.71 bits per heavy atom. The number of alkyl halides is 1. The zero-order chi connectivity index (χ0) is 15.1. The number of benzene rings is 2. The summed E-state index contributed by atoms with van der Waals surface area (Å²) in [5.41, 5.74) is 3.07. The Bertz CT molecular complexity index is 573. The molecule has 21 heavy (non-hydrogen) atoms.